The first-order valence-corrected chi connectivity index (χ1v) is 10.6. The number of thiophene rings is 1. The van der Waals surface area contributed by atoms with Gasteiger partial charge in [-0.25, -0.2) is 4.39 Å². The standard InChI is InChI=1S/C19H19FN4OS2/c1-12-22-23-19(24(12)15-8-9-15)27-11-17(25)21-18(16-3-2-10-26-16)13-4-6-14(20)7-5-13/h2-7,10,15,18H,8-9,11H2,1H3,(H,21,25). The molecule has 1 atom stereocenters. The lowest BCUT2D eigenvalue weighted by atomic mass is 10.1. The summed E-state index contributed by atoms with van der Waals surface area (Å²) in [4.78, 5) is 13.6. The van der Waals surface area contributed by atoms with Crippen molar-refractivity contribution in [1.29, 1.82) is 0 Å². The number of rotatable bonds is 7. The van der Waals surface area contributed by atoms with Gasteiger partial charge in [-0.2, -0.15) is 0 Å². The van der Waals surface area contributed by atoms with Crippen molar-refractivity contribution >= 4 is 29.0 Å². The van der Waals surface area contributed by atoms with Crippen LogP contribution in [-0.2, 0) is 4.79 Å². The average molecular weight is 403 g/mol. The number of aryl methyl sites for hydroxylation is 1. The van der Waals surface area contributed by atoms with Gasteiger partial charge in [0.05, 0.1) is 11.8 Å². The van der Waals surface area contributed by atoms with E-state index in [0.717, 1.165) is 34.3 Å². The van der Waals surface area contributed by atoms with Crippen LogP contribution < -0.4 is 5.32 Å². The molecule has 140 valence electrons. The summed E-state index contributed by atoms with van der Waals surface area (Å²) < 4.78 is 15.4. The predicted octanol–water partition coefficient (Wildman–Crippen LogP) is 4.12. The molecule has 1 aliphatic carbocycles. The van der Waals surface area contributed by atoms with E-state index < -0.39 is 0 Å². The zero-order chi connectivity index (χ0) is 18.8. The zero-order valence-electron chi connectivity index (χ0n) is 14.8. The highest BCUT2D eigenvalue weighted by molar-refractivity contribution is 7.99. The minimum atomic E-state index is -0.291. The van der Waals surface area contributed by atoms with E-state index in [2.05, 4.69) is 20.1 Å². The molecule has 3 aromatic rings. The lowest BCUT2D eigenvalue weighted by Crippen LogP contribution is -2.30. The van der Waals surface area contributed by atoms with Gasteiger partial charge >= 0.3 is 0 Å². The molecule has 1 fully saturated rings. The van der Waals surface area contributed by atoms with Crippen molar-refractivity contribution < 1.29 is 9.18 Å². The monoisotopic (exact) mass is 402 g/mol. The first-order valence-electron chi connectivity index (χ1n) is 8.74. The molecule has 2 heterocycles. The molecule has 8 heteroatoms. The molecule has 1 N–H and O–H groups in total. The molecule has 1 amide bonds. The number of hydrogen-bond acceptors (Lipinski definition) is 5. The van der Waals surface area contributed by atoms with Crippen LogP contribution in [0.1, 0.15) is 41.2 Å². The van der Waals surface area contributed by atoms with E-state index in [1.807, 2.05) is 24.4 Å². The largest absolute Gasteiger partial charge is 0.344 e. The lowest BCUT2D eigenvalue weighted by Gasteiger charge is -2.18. The van der Waals surface area contributed by atoms with Crippen LogP contribution >= 0.6 is 23.1 Å². The van der Waals surface area contributed by atoms with Gasteiger partial charge in [0, 0.05) is 10.9 Å². The van der Waals surface area contributed by atoms with E-state index in [9.17, 15) is 9.18 Å². The Bertz CT molecular complexity index is 920. The zero-order valence-corrected chi connectivity index (χ0v) is 16.4. The van der Waals surface area contributed by atoms with Crippen LogP contribution in [0.3, 0.4) is 0 Å². The molecule has 2 aromatic heterocycles. The normalized spacial score (nSPS) is 14.9. The molecule has 0 spiro atoms. The third kappa shape index (κ3) is 4.22. The number of halogens is 1. The number of nitrogens with zero attached hydrogens (tertiary/aromatic N) is 3. The molecule has 1 unspecified atom stereocenters. The Kier molecular flexibility index (Phi) is 5.27. The van der Waals surface area contributed by atoms with Crippen molar-refractivity contribution in [3.8, 4) is 0 Å². The van der Waals surface area contributed by atoms with Crippen molar-refractivity contribution in [3.05, 3.63) is 63.9 Å². The first kappa shape index (κ1) is 18.2. The minimum absolute atomic E-state index is 0.0919. The van der Waals surface area contributed by atoms with Crippen molar-refractivity contribution in [2.24, 2.45) is 0 Å². The number of thioether (sulfide) groups is 1. The average Bonchev–Trinajstić information content (AvgIpc) is 3.21. The van der Waals surface area contributed by atoms with Crippen LogP contribution in [0.15, 0.2) is 46.9 Å². The quantitative estimate of drug-likeness (QED) is 0.604. The molecule has 0 aliphatic heterocycles. The molecule has 1 aliphatic rings. The summed E-state index contributed by atoms with van der Waals surface area (Å²) in [5.41, 5.74) is 0.856. The Morgan fingerprint density at radius 3 is 2.78 bits per heavy atom. The highest BCUT2D eigenvalue weighted by atomic mass is 32.2. The fourth-order valence-corrected chi connectivity index (χ4v) is 4.63. The van der Waals surface area contributed by atoms with Gasteiger partial charge in [0.2, 0.25) is 5.91 Å². The number of benzene rings is 1. The van der Waals surface area contributed by atoms with E-state index in [-0.39, 0.29) is 23.5 Å². The van der Waals surface area contributed by atoms with Gasteiger partial charge in [0.1, 0.15) is 11.6 Å². The fourth-order valence-electron chi connectivity index (χ4n) is 2.96. The summed E-state index contributed by atoms with van der Waals surface area (Å²) in [7, 11) is 0. The highest BCUT2D eigenvalue weighted by Crippen LogP contribution is 2.38. The van der Waals surface area contributed by atoms with Crippen molar-refractivity contribution in [1.82, 2.24) is 20.1 Å². The topological polar surface area (TPSA) is 59.8 Å². The summed E-state index contributed by atoms with van der Waals surface area (Å²) in [5, 5.41) is 14.2. The molecule has 0 bridgehead atoms. The van der Waals surface area contributed by atoms with Crippen LogP contribution in [0.5, 0.6) is 0 Å². The second kappa shape index (κ2) is 7.82. The SMILES string of the molecule is Cc1nnc(SCC(=O)NC(c2ccc(F)cc2)c2cccs2)n1C1CC1. The van der Waals surface area contributed by atoms with Gasteiger partial charge < -0.3 is 9.88 Å². The predicted molar refractivity (Wildman–Crippen MR) is 104 cm³/mol. The van der Waals surface area contributed by atoms with Crippen molar-refractivity contribution in [2.75, 3.05) is 5.75 Å². The number of amides is 1. The second-order valence-electron chi connectivity index (χ2n) is 6.49. The van der Waals surface area contributed by atoms with Gasteiger partial charge in [-0.1, -0.05) is 30.0 Å². The Hall–Kier alpha value is -2.19. The molecule has 0 saturated heterocycles. The van der Waals surface area contributed by atoms with E-state index in [4.69, 9.17) is 0 Å². The van der Waals surface area contributed by atoms with E-state index in [0.29, 0.717) is 6.04 Å². The fraction of sp³-hybridized carbons (Fsp3) is 0.316. The van der Waals surface area contributed by atoms with Crippen LogP contribution in [0.2, 0.25) is 0 Å². The molecule has 1 saturated carbocycles. The molecule has 5 nitrogen and oxygen atoms in total. The summed E-state index contributed by atoms with van der Waals surface area (Å²) in [6.07, 6.45) is 2.29. The van der Waals surface area contributed by atoms with E-state index >= 15 is 0 Å². The van der Waals surface area contributed by atoms with Gasteiger partial charge in [-0.3, -0.25) is 4.79 Å². The van der Waals surface area contributed by atoms with E-state index in [1.54, 1.807) is 23.5 Å². The third-order valence-electron chi connectivity index (χ3n) is 4.42. The van der Waals surface area contributed by atoms with Crippen molar-refractivity contribution in [2.45, 2.75) is 37.0 Å². The number of nitrogens with one attached hydrogen (secondary N) is 1. The number of carbonyl (C=O) groups is 1. The maximum atomic E-state index is 13.3. The summed E-state index contributed by atoms with van der Waals surface area (Å²) in [6, 6.07) is 10.3. The highest BCUT2D eigenvalue weighted by Gasteiger charge is 2.28. The third-order valence-corrected chi connectivity index (χ3v) is 6.30. The molecule has 4 rings (SSSR count). The van der Waals surface area contributed by atoms with Crippen LogP contribution in [0.4, 0.5) is 4.39 Å². The summed E-state index contributed by atoms with van der Waals surface area (Å²) in [5.74, 6) is 0.766. The van der Waals surface area contributed by atoms with Crippen LogP contribution in [0.25, 0.3) is 0 Å². The lowest BCUT2D eigenvalue weighted by molar-refractivity contribution is -0.119. The molecule has 0 radical (unpaired) electrons. The number of carbonyl (C=O) groups excluding carboxylic acids is 1. The van der Waals surface area contributed by atoms with E-state index in [1.165, 1.54) is 23.9 Å². The number of hydrogen-bond donors (Lipinski definition) is 1. The maximum Gasteiger partial charge on any atom is 0.231 e. The van der Waals surface area contributed by atoms with Gasteiger partial charge in [0.25, 0.3) is 0 Å². The Morgan fingerprint density at radius 2 is 2.11 bits per heavy atom. The first-order chi connectivity index (χ1) is 13.1. The molecule has 1 aromatic carbocycles. The Morgan fingerprint density at radius 1 is 1.33 bits per heavy atom. The maximum absolute atomic E-state index is 13.3. The summed E-state index contributed by atoms with van der Waals surface area (Å²) in [6.45, 7) is 1.94. The second-order valence-corrected chi connectivity index (χ2v) is 8.41. The van der Waals surface area contributed by atoms with Crippen LogP contribution in [-0.4, -0.2) is 26.4 Å². The van der Waals surface area contributed by atoms with Crippen molar-refractivity contribution in [3.63, 3.8) is 0 Å². The van der Waals surface area contributed by atoms with Gasteiger partial charge in [-0.15, -0.1) is 21.5 Å². The number of aromatic nitrogens is 3. The molecule has 27 heavy (non-hydrogen) atoms. The summed E-state index contributed by atoms with van der Waals surface area (Å²) >= 11 is 2.96. The molecular formula is C19H19FN4OS2. The Balaban J connectivity index is 1.45. The smallest absolute Gasteiger partial charge is 0.231 e. The molecular weight excluding hydrogens is 383 g/mol. The Labute approximate surface area is 165 Å². The van der Waals surface area contributed by atoms with Crippen LogP contribution in [0, 0.1) is 12.7 Å². The van der Waals surface area contributed by atoms with Gasteiger partial charge in [0.15, 0.2) is 5.16 Å². The minimum Gasteiger partial charge on any atom is -0.344 e. The van der Waals surface area contributed by atoms with Gasteiger partial charge in [-0.05, 0) is 48.9 Å².